The molecule has 1 fully saturated rings. The minimum Gasteiger partial charge on any atom is -0.382 e. The van der Waals surface area contributed by atoms with Crippen molar-refractivity contribution in [1.29, 1.82) is 5.26 Å². The second-order valence-corrected chi connectivity index (χ2v) is 6.64. The van der Waals surface area contributed by atoms with Crippen LogP contribution in [0.5, 0.6) is 0 Å². The smallest absolute Gasteiger partial charge is 0.382 e. The summed E-state index contributed by atoms with van der Waals surface area (Å²) in [7, 11) is 0. The zero-order valence-corrected chi connectivity index (χ0v) is 15.3. The quantitative estimate of drug-likeness (QED) is 0.779. The topological polar surface area (TPSA) is 111 Å². The van der Waals surface area contributed by atoms with E-state index in [1.54, 1.807) is 19.1 Å². The third-order valence-electron chi connectivity index (χ3n) is 4.47. The van der Waals surface area contributed by atoms with Crippen molar-refractivity contribution in [1.82, 2.24) is 15.3 Å². The van der Waals surface area contributed by atoms with E-state index in [1.807, 2.05) is 11.0 Å². The van der Waals surface area contributed by atoms with Crippen LogP contribution in [-0.2, 0) is 9.53 Å². The number of alkyl halides is 3. The summed E-state index contributed by atoms with van der Waals surface area (Å²) in [6.07, 6.45) is -5.95. The van der Waals surface area contributed by atoms with Gasteiger partial charge < -0.3 is 20.1 Å². The molecule has 1 saturated heterocycles. The molecule has 0 unspecified atom stereocenters. The van der Waals surface area contributed by atoms with Gasteiger partial charge in [-0.15, -0.1) is 0 Å². The number of benzene rings is 1. The van der Waals surface area contributed by atoms with Gasteiger partial charge in [0, 0.05) is 18.9 Å². The van der Waals surface area contributed by atoms with Gasteiger partial charge in [0.1, 0.15) is 17.1 Å². The Morgan fingerprint density at radius 2 is 2.07 bits per heavy atom. The predicted molar refractivity (Wildman–Crippen MR) is 95.9 cm³/mol. The fourth-order valence-corrected chi connectivity index (χ4v) is 3.11. The number of amides is 1. The first-order chi connectivity index (χ1) is 13.7. The molecular formula is C18H18F3N5O3. The highest BCUT2D eigenvalue weighted by Gasteiger charge is 2.39. The van der Waals surface area contributed by atoms with Crippen LogP contribution in [0, 0.1) is 11.3 Å². The second kappa shape index (κ2) is 8.18. The van der Waals surface area contributed by atoms with E-state index in [0.29, 0.717) is 28.8 Å². The molecule has 2 N–H and O–H groups in total. The number of halogens is 3. The number of rotatable bonds is 4. The number of ether oxygens (including phenoxy) is 1. The lowest BCUT2D eigenvalue weighted by molar-refractivity contribution is -0.202. The zero-order valence-electron chi connectivity index (χ0n) is 15.3. The molecule has 3 atom stereocenters. The molecule has 8 nitrogen and oxygen atoms in total. The number of aliphatic hydroxyl groups is 1. The molecule has 1 aliphatic heterocycles. The number of morpholine rings is 1. The molecule has 2 aromatic rings. The number of aliphatic hydroxyl groups excluding tert-OH is 1. The summed E-state index contributed by atoms with van der Waals surface area (Å²) < 4.78 is 42.8. The van der Waals surface area contributed by atoms with E-state index in [9.17, 15) is 23.2 Å². The van der Waals surface area contributed by atoms with E-state index in [0.717, 1.165) is 0 Å². The maximum Gasteiger partial charge on any atom is 0.416 e. The van der Waals surface area contributed by atoms with Crippen molar-refractivity contribution in [3.63, 3.8) is 0 Å². The fourth-order valence-electron chi connectivity index (χ4n) is 3.11. The van der Waals surface area contributed by atoms with Crippen molar-refractivity contribution < 1.29 is 27.8 Å². The summed E-state index contributed by atoms with van der Waals surface area (Å²) in [5, 5.41) is 20.4. The SMILES string of the molecule is C[C@@H]1CN(c2ccc(C#N)c3nccnc23)C[C@H](C(=O)NC[C@H](O)C(F)(F)F)O1. The number of fused-ring (bicyclic) bond motifs is 1. The molecule has 11 heteroatoms. The van der Waals surface area contributed by atoms with Gasteiger partial charge in [-0.25, -0.2) is 0 Å². The highest BCUT2D eigenvalue weighted by Crippen LogP contribution is 2.29. The lowest BCUT2D eigenvalue weighted by Crippen LogP contribution is -2.54. The van der Waals surface area contributed by atoms with Crippen LogP contribution in [0.2, 0.25) is 0 Å². The lowest BCUT2D eigenvalue weighted by Gasteiger charge is -2.37. The van der Waals surface area contributed by atoms with E-state index in [-0.39, 0.29) is 6.54 Å². The molecule has 0 radical (unpaired) electrons. The van der Waals surface area contributed by atoms with Crippen LogP contribution in [0.1, 0.15) is 12.5 Å². The molecule has 2 heterocycles. The Morgan fingerprint density at radius 1 is 1.38 bits per heavy atom. The van der Waals surface area contributed by atoms with E-state index < -0.39 is 36.9 Å². The number of nitrogens with one attached hydrogen (secondary N) is 1. The van der Waals surface area contributed by atoms with Gasteiger partial charge in [0.2, 0.25) is 0 Å². The summed E-state index contributed by atoms with van der Waals surface area (Å²) >= 11 is 0. The van der Waals surface area contributed by atoms with Crippen LogP contribution < -0.4 is 10.2 Å². The number of anilines is 1. The fraction of sp³-hybridized carbons (Fsp3) is 0.444. The zero-order chi connectivity index (χ0) is 21.2. The van der Waals surface area contributed by atoms with E-state index in [4.69, 9.17) is 9.84 Å². The monoisotopic (exact) mass is 409 g/mol. The summed E-state index contributed by atoms with van der Waals surface area (Å²) in [6.45, 7) is 1.25. The lowest BCUT2D eigenvalue weighted by atomic mass is 10.1. The van der Waals surface area contributed by atoms with Crippen LogP contribution in [-0.4, -0.2) is 65.1 Å². The number of nitrogens with zero attached hydrogens (tertiary/aromatic N) is 4. The van der Waals surface area contributed by atoms with Gasteiger partial charge in [-0.2, -0.15) is 18.4 Å². The van der Waals surface area contributed by atoms with Crippen LogP contribution in [0.15, 0.2) is 24.5 Å². The molecule has 1 aliphatic rings. The van der Waals surface area contributed by atoms with Gasteiger partial charge in [-0.05, 0) is 19.1 Å². The number of nitriles is 1. The Labute approximate surface area is 163 Å². The normalized spacial score (nSPS) is 20.9. The molecule has 154 valence electrons. The Hall–Kier alpha value is -2.97. The molecule has 3 rings (SSSR count). The van der Waals surface area contributed by atoms with Crippen molar-refractivity contribution in [2.75, 3.05) is 24.5 Å². The molecule has 0 spiro atoms. The molecule has 1 aromatic carbocycles. The van der Waals surface area contributed by atoms with Gasteiger partial charge >= 0.3 is 6.18 Å². The second-order valence-electron chi connectivity index (χ2n) is 6.64. The van der Waals surface area contributed by atoms with Crippen LogP contribution in [0.4, 0.5) is 18.9 Å². The van der Waals surface area contributed by atoms with E-state index in [2.05, 4.69) is 15.3 Å². The highest BCUT2D eigenvalue weighted by atomic mass is 19.4. The minimum atomic E-state index is -4.82. The number of hydrogen-bond donors (Lipinski definition) is 2. The summed E-state index contributed by atoms with van der Waals surface area (Å²) in [5.41, 5.74) is 1.89. The van der Waals surface area contributed by atoms with Gasteiger partial charge in [0.15, 0.2) is 12.2 Å². The molecule has 1 aromatic heterocycles. The van der Waals surface area contributed by atoms with Gasteiger partial charge in [0.25, 0.3) is 5.91 Å². The van der Waals surface area contributed by atoms with Crippen LogP contribution >= 0.6 is 0 Å². The summed E-state index contributed by atoms with van der Waals surface area (Å²) in [6, 6.07) is 5.34. The average molecular weight is 409 g/mol. The number of carbonyl (C=O) groups excluding carboxylic acids is 1. The molecule has 0 bridgehead atoms. The predicted octanol–water partition coefficient (Wildman–Crippen LogP) is 1.13. The van der Waals surface area contributed by atoms with Crippen molar-refractivity contribution in [2.24, 2.45) is 0 Å². The Morgan fingerprint density at radius 3 is 2.72 bits per heavy atom. The van der Waals surface area contributed by atoms with Gasteiger partial charge in [-0.1, -0.05) is 0 Å². The molecule has 1 amide bonds. The molecule has 29 heavy (non-hydrogen) atoms. The first-order valence-corrected chi connectivity index (χ1v) is 8.77. The Balaban J connectivity index is 1.80. The van der Waals surface area contributed by atoms with Crippen molar-refractivity contribution in [3.8, 4) is 6.07 Å². The third kappa shape index (κ3) is 4.55. The first kappa shape index (κ1) is 20.8. The molecule has 0 saturated carbocycles. The van der Waals surface area contributed by atoms with Gasteiger partial charge in [0.05, 0.1) is 30.4 Å². The Kier molecular flexibility index (Phi) is 5.86. The first-order valence-electron chi connectivity index (χ1n) is 8.77. The van der Waals surface area contributed by atoms with Crippen LogP contribution in [0.3, 0.4) is 0 Å². The minimum absolute atomic E-state index is 0.0653. The average Bonchev–Trinajstić information content (AvgIpc) is 2.69. The molecule has 0 aliphatic carbocycles. The molecular weight excluding hydrogens is 391 g/mol. The largest absolute Gasteiger partial charge is 0.416 e. The standard InChI is InChI=1S/C18H18F3N5O3/c1-10-8-26(9-13(29-10)17(28)25-7-14(27)18(19,20)21)12-3-2-11(6-22)15-16(12)24-5-4-23-15/h2-5,10,13-14,27H,7-9H2,1H3,(H,25,28)/t10-,13-,14+/m1/s1. The number of hydrogen-bond acceptors (Lipinski definition) is 7. The third-order valence-corrected chi connectivity index (χ3v) is 4.47. The summed E-state index contributed by atoms with van der Waals surface area (Å²) in [4.78, 5) is 22.6. The Bertz CT molecular complexity index is 946. The van der Waals surface area contributed by atoms with Gasteiger partial charge in [-0.3, -0.25) is 14.8 Å². The van der Waals surface area contributed by atoms with E-state index in [1.165, 1.54) is 12.4 Å². The maximum atomic E-state index is 12.4. The number of aromatic nitrogens is 2. The van der Waals surface area contributed by atoms with Crippen molar-refractivity contribution in [2.45, 2.75) is 31.4 Å². The van der Waals surface area contributed by atoms with Crippen molar-refractivity contribution in [3.05, 3.63) is 30.1 Å². The van der Waals surface area contributed by atoms with Crippen molar-refractivity contribution >= 4 is 22.6 Å². The highest BCUT2D eigenvalue weighted by molar-refractivity contribution is 5.92. The summed E-state index contributed by atoms with van der Waals surface area (Å²) in [5.74, 6) is -0.756. The maximum absolute atomic E-state index is 12.4. The van der Waals surface area contributed by atoms with E-state index >= 15 is 0 Å². The van der Waals surface area contributed by atoms with Crippen LogP contribution in [0.25, 0.3) is 11.0 Å². The number of carbonyl (C=O) groups is 1.